The van der Waals surface area contributed by atoms with E-state index < -0.39 is 12.1 Å². The number of carbonyl (C=O) groups is 3. The number of thiazole rings is 1. The van der Waals surface area contributed by atoms with Crippen molar-refractivity contribution in [1.82, 2.24) is 10.3 Å². The summed E-state index contributed by atoms with van der Waals surface area (Å²) in [6, 6.07) is 11.7. The summed E-state index contributed by atoms with van der Waals surface area (Å²) in [7, 11) is 0. The first kappa shape index (κ1) is 19.7. The van der Waals surface area contributed by atoms with Gasteiger partial charge in [0.15, 0.2) is 10.9 Å². The molecule has 1 atom stereocenters. The lowest BCUT2D eigenvalue weighted by atomic mass is 10.1. The van der Waals surface area contributed by atoms with Crippen LogP contribution in [-0.2, 0) is 4.79 Å². The molecule has 0 radical (unpaired) electrons. The zero-order valence-electron chi connectivity index (χ0n) is 15.0. The van der Waals surface area contributed by atoms with Gasteiger partial charge in [-0.1, -0.05) is 47.7 Å². The molecule has 144 valence electrons. The monoisotopic (exact) mass is 414 g/mol. The van der Waals surface area contributed by atoms with Crippen LogP contribution in [0, 0.1) is 0 Å². The van der Waals surface area contributed by atoms with Gasteiger partial charge in [0.05, 0.1) is 23.0 Å². The predicted molar refractivity (Wildman–Crippen MR) is 111 cm³/mol. The molecule has 0 aliphatic rings. The molecule has 2 aromatic heterocycles. The molecule has 2 heterocycles. The molecule has 9 heteroatoms. The Kier molecular flexibility index (Phi) is 6.17. The maximum Gasteiger partial charge on any atom is 0.312 e. The number of aromatic nitrogens is 1. The van der Waals surface area contributed by atoms with Crippen molar-refractivity contribution in [3.8, 4) is 11.3 Å². The Bertz CT molecular complexity index is 984. The van der Waals surface area contributed by atoms with Crippen LogP contribution in [0.1, 0.15) is 33.9 Å². The smallest absolute Gasteiger partial charge is 0.312 e. The molecule has 4 N–H and O–H groups in total. The van der Waals surface area contributed by atoms with Crippen LogP contribution in [0.5, 0.6) is 0 Å². The zero-order valence-corrected chi connectivity index (χ0v) is 16.6. The van der Waals surface area contributed by atoms with Gasteiger partial charge in [-0.05, 0) is 11.4 Å². The maximum atomic E-state index is 12.5. The van der Waals surface area contributed by atoms with Crippen LogP contribution in [0.15, 0.2) is 47.8 Å². The highest BCUT2D eigenvalue weighted by Gasteiger charge is 2.21. The third-order valence-electron chi connectivity index (χ3n) is 3.83. The number of anilines is 1. The molecule has 0 bridgehead atoms. The highest BCUT2D eigenvalue weighted by Crippen LogP contribution is 2.32. The van der Waals surface area contributed by atoms with Crippen LogP contribution in [0.4, 0.5) is 9.93 Å². The number of nitrogens with two attached hydrogens (primary N) is 1. The maximum absolute atomic E-state index is 12.5. The van der Waals surface area contributed by atoms with Gasteiger partial charge in [0.1, 0.15) is 0 Å². The van der Waals surface area contributed by atoms with Gasteiger partial charge in [-0.3, -0.25) is 9.59 Å². The van der Waals surface area contributed by atoms with Crippen molar-refractivity contribution in [3.63, 3.8) is 0 Å². The van der Waals surface area contributed by atoms with Gasteiger partial charge in [-0.2, -0.15) is 0 Å². The Labute approximate surface area is 169 Å². The van der Waals surface area contributed by atoms with E-state index in [0.717, 1.165) is 21.8 Å². The Balaban J connectivity index is 1.78. The van der Waals surface area contributed by atoms with Crippen LogP contribution in [0.2, 0.25) is 0 Å². The minimum atomic E-state index is -0.703. The molecule has 0 aliphatic heterocycles. The van der Waals surface area contributed by atoms with Crippen molar-refractivity contribution < 1.29 is 14.4 Å². The number of nitrogens with one attached hydrogen (secondary N) is 2. The average molecular weight is 415 g/mol. The fraction of sp³-hybridized carbons (Fsp3) is 0.158. The van der Waals surface area contributed by atoms with Gasteiger partial charge in [0.25, 0.3) is 0 Å². The molecular weight excluding hydrogens is 396 g/mol. The lowest BCUT2D eigenvalue weighted by Gasteiger charge is -2.15. The van der Waals surface area contributed by atoms with Gasteiger partial charge in [-0.25, -0.2) is 9.78 Å². The SMILES string of the molecule is CC(=O)c1sc(NC(=O)CC(NC(N)=O)c2cccs2)nc1-c1ccccc1. The number of Topliss-reactive ketones (excluding diaryl/α,β-unsaturated/α-hetero) is 1. The summed E-state index contributed by atoms with van der Waals surface area (Å²) in [6.45, 7) is 1.47. The number of hydrogen-bond acceptors (Lipinski definition) is 6. The molecule has 0 spiro atoms. The number of urea groups is 1. The number of ketones is 1. The number of carbonyl (C=O) groups excluding carboxylic acids is 3. The third kappa shape index (κ3) is 4.81. The fourth-order valence-electron chi connectivity index (χ4n) is 2.64. The number of benzene rings is 1. The van der Waals surface area contributed by atoms with Crippen LogP contribution >= 0.6 is 22.7 Å². The van der Waals surface area contributed by atoms with Crippen molar-refractivity contribution in [1.29, 1.82) is 0 Å². The van der Waals surface area contributed by atoms with Crippen molar-refractivity contribution in [3.05, 3.63) is 57.6 Å². The number of thiophene rings is 1. The summed E-state index contributed by atoms with van der Waals surface area (Å²) >= 11 is 2.55. The molecule has 3 aromatic rings. The molecule has 0 fully saturated rings. The second-order valence-electron chi connectivity index (χ2n) is 5.95. The van der Waals surface area contributed by atoms with Crippen LogP contribution < -0.4 is 16.4 Å². The second-order valence-corrected chi connectivity index (χ2v) is 7.93. The molecule has 3 rings (SSSR count). The Hall–Kier alpha value is -3.04. The summed E-state index contributed by atoms with van der Waals surface area (Å²) in [5.74, 6) is -0.459. The van der Waals surface area contributed by atoms with E-state index in [4.69, 9.17) is 5.73 Å². The van der Waals surface area contributed by atoms with E-state index in [-0.39, 0.29) is 18.1 Å². The number of rotatable bonds is 7. The van der Waals surface area contributed by atoms with E-state index in [1.165, 1.54) is 18.3 Å². The highest BCUT2D eigenvalue weighted by atomic mass is 32.1. The largest absolute Gasteiger partial charge is 0.352 e. The summed E-state index contributed by atoms with van der Waals surface area (Å²) < 4.78 is 0. The Morgan fingerprint density at radius 3 is 2.50 bits per heavy atom. The minimum absolute atomic E-state index is 0.000885. The average Bonchev–Trinajstić information content (AvgIpc) is 3.31. The standard InChI is InChI=1S/C19H18N4O3S2/c1-11(24)17-16(12-6-3-2-4-7-12)23-19(28-17)22-15(25)10-13(21-18(20)26)14-8-5-9-27-14/h2-9,13H,10H2,1H3,(H3,20,21,26)(H,22,23,25). The van der Waals surface area contributed by atoms with Gasteiger partial charge in [0, 0.05) is 17.4 Å². The molecule has 1 aromatic carbocycles. The number of amides is 3. The molecule has 0 saturated carbocycles. The molecule has 1 unspecified atom stereocenters. The molecule has 3 amide bonds. The van der Waals surface area contributed by atoms with E-state index in [1.54, 1.807) is 0 Å². The summed E-state index contributed by atoms with van der Waals surface area (Å²) in [4.78, 5) is 41.5. The Morgan fingerprint density at radius 2 is 1.89 bits per heavy atom. The number of nitrogens with zero attached hydrogens (tertiary/aromatic N) is 1. The quantitative estimate of drug-likeness (QED) is 0.510. The van der Waals surface area contributed by atoms with E-state index in [9.17, 15) is 14.4 Å². The van der Waals surface area contributed by atoms with Gasteiger partial charge >= 0.3 is 6.03 Å². The summed E-state index contributed by atoms with van der Waals surface area (Å²) in [6.07, 6.45) is -0.000885. The summed E-state index contributed by atoms with van der Waals surface area (Å²) in [5, 5.41) is 7.49. The van der Waals surface area contributed by atoms with Crippen LogP contribution in [-0.4, -0.2) is 22.7 Å². The molecule has 28 heavy (non-hydrogen) atoms. The lowest BCUT2D eigenvalue weighted by molar-refractivity contribution is -0.116. The molecular formula is C19H18N4O3S2. The van der Waals surface area contributed by atoms with E-state index >= 15 is 0 Å². The third-order valence-corrected chi connectivity index (χ3v) is 5.89. The van der Waals surface area contributed by atoms with E-state index in [2.05, 4.69) is 15.6 Å². The molecule has 0 aliphatic carbocycles. The normalized spacial score (nSPS) is 11.6. The highest BCUT2D eigenvalue weighted by molar-refractivity contribution is 7.18. The number of primary amides is 1. The first-order chi connectivity index (χ1) is 13.4. The second kappa shape index (κ2) is 8.77. The van der Waals surface area contributed by atoms with E-state index in [0.29, 0.717) is 15.7 Å². The topological polar surface area (TPSA) is 114 Å². The minimum Gasteiger partial charge on any atom is -0.352 e. The van der Waals surface area contributed by atoms with Gasteiger partial charge in [-0.15, -0.1) is 11.3 Å². The van der Waals surface area contributed by atoms with Gasteiger partial charge < -0.3 is 16.4 Å². The zero-order chi connectivity index (χ0) is 20.1. The van der Waals surface area contributed by atoms with Gasteiger partial charge in [0.2, 0.25) is 5.91 Å². The first-order valence-corrected chi connectivity index (χ1v) is 10.1. The van der Waals surface area contributed by atoms with Crippen LogP contribution in [0.25, 0.3) is 11.3 Å². The number of hydrogen-bond donors (Lipinski definition) is 3. The fourth-order valence-corrected chi connectivity index (χ4v) is 4.32. The van der Waals surface area contributed by atoms with Crippen molar-refractivity contribution in [2.45, 2.75) is 19.4 Å². The molecule has 0 saturated heterocycles. The lowest BCUT2D eigenvalue weighted by Crippen LogP contribution is -2.34. The van der Waals surface area contributed by atoms with Crippen molar-refractivity contribution in [2.75, 3.05) is 5.32 Å². The molecule has 7 nitrogen and oxygen atoms in total. The van der Waals surface area contributed by atoms with E-state index in [1.807, 2.05) is 47.8 Å². The first-order valence-electron chi connectivity index (χ1n) is 8.40. The Morgan fingerprint density at radius 1 is 1.14 bits per heavy atom. The van der Waals surface area contributed by atoms with Crippen molar-refractivity contribution >= 4 is 45.5 Å². The summed E-state index contributed by atoms with van der Waals surface area (Å²) in [5.41, 5.74) is 6.57. The van der Waals surface area contributed by atoms with Crippen LogP contribution in [0.3, 0.4) is 0 Å². The van der Waals surface area contributed by atoms with Crippen molar-refractivity contribution in [2.24, 2.45) is 5.73 Å². The predicted octanol–water partition coefficient (Wildman–Crippen LogP) is 3.81.